The third-order valence-electron chi connectivity index (χ3n) is 6.83. The van der Waals surface area contributed by atoms with Crippen LogP contribution in [0.25, 0.3) is 0 Å². The van der Waals surface area contributed by atoms with Gasteiger partial charge in [0.1, 0.15) is 5.82 Å². The molecular weight excluding hydrogens is 402 g/mol. The van der Waals surface area contributed by atoms with Crippen molar-refractivity contribution in [3.05, 3.63) is 58.3 Å². The molecule has 2 saturated heterocycles. The Balaban J connectivity index is 1.27. The standard InChI is InChI=1S/C25H27N5O2/c1-16-12-20(17-2-3-17)15-28-23(16)29-8-10-30(11-9-29)25(32)22-5-4-18(13-19(22)14-26)21-6-7-27-24(21)31/h4-5,12-13,15,17,21H,2-3,6-11H2,1H3,(H,27,31). The number of rotatable bonds is 4. The molecule has 7 heteroatoms. The first-order valence-electron chi connectivity index (χ1n) is 11.4. The van der Waals surface area contributed by atoms with Crippen LogP contribution in [0.3, 0.4) is 0 Å². The summed E-state index contributed by atoms with van der Waals surface area (Å²) in [5, 5.41) is 12.5. The van der Waals surface area contributed by atoms with E-state index in [1.54, 1.807) is 12.1 Å². The first-order valence-corrected chi connectivity index (χ1v) is 11.4. The molecule has 0 bridgehead atoms. The number of anilines is 1. The molecule has 5 rings (SSSR count). The predicted molar refractivity (Wildman–Crippen MR) is 121 cm³/mol. The number of aryl methyl sites for hydroxylation is 1. The monoisotopic (exact) mass is 429 g/mol. The third kappa shape index (κ3) is 3.81. The maximum absolute atomic E-state index is 13.2. The van der Waals surface area contributed by atoms with Crippen molar-refractivity contribution in [3.63, 3.8) is 0 Å². The van der Waals surface area contributed by atoms with Gasteiger partial charge in [0.2, 0.25) is 5.91 Å². The molecule has 164 valence electrons. The Morgan fingerprint density at radius 1 is 1.12 bits per heavy atom. The van der Waals surface area contributed by atoms with Gasteiger partial charge in [-0.15, -0.1) is 0 Å². The Hall–Kier alpha value is -3.40. The molecule has 3 aliphatic rings. The summed E-state index contributed by atoms with van der Waals surface area (Å²) in [7, 11) is 0. The molecule has 2 aromatic rings. The van der Waals surface area contributed by atoms with Crippen LogP contribution >= 0.6 is 0 Å². The van der Waals surface area contributed by atoms with Gasteiger partial charge in [-0.2, -0.15) is 5.26 Å². The van der Waals surface area contributed by atoms with Crippen LogP contribution in [0.1, 0.15) is 63.7 Å². The van der Waals surface area contributed by atoms with Crippen LogP contribution in [-0.4, -0.2) is 54.4 Å². The van der Waals surface area contributed by atoms with E-state index in [0.717, 1.165) is 11.4 Å². The van der Waals surface area contributed by atoms with Crippen LogP contribution in [0.4, 0.5) is 5.82 Å². The van der Waals surface area contributed by atoms with Crippen LogP contribution in [-0.2, 0) is 4.79 Å². The molecule has 1 saturated carbocycles. The summed E-state index contributed by atoms with van der Waals surface area (Å²) in [6.45, 7) is 5.35. The van der Waals surface area contributed by atoms with E-state index in [4.69, 9.17) is 4.98 Å². The molecule has 1 aromatic carbocycles. The number of aromatic nitrogens is 1. The van der Waals surface area contributed by atoms with Gasteiger partial charge in [0.05, 0.1) is 23.1 Å². The van der Waals surface area contributed by atoms with E-state index in [-0.39, 0.29) is 17.7 Å². The molecule has 2 amide bonds. The largest absolute Gasteiger partial charge is 0.356 e. The van der Waals surface area contributed by atoms with Gasteiger partial charge >= 0.3 is 0 Å². The average molecular weight is 430 g/mol. The van der Waals surface area contributed by atoms with Gasteiger partial charge < -0.3 is 15.1 Å². The lowest BCUT2D eigenvalue weighted by Gasteiger charge is -2.36. The Labute approximate surface area is 188 Å². The Kier molecular flexibility index (Phi) is 5.30. The molecule has 1 unspecified atom stereocenters. The zero-order valence-corrected chi connectivity index (χ0v) is 18.3. The van der Waals surface area contributed by atoms with Crippen LogP contribution in [0.5, 0.6) is 0 Å². The van der Waals surface area contributed by atoms with Crippen molar-refractivity contribution in [2.75, 3.05) is 37.6 Å². The highest BCUT2D eigenvalue weighted by atomic mass is 16.2. The first kappa shape index (κ1) is 20.5. The second-order valence-corrected chi connectivity index (χ2v) is 9.01. The second-order valence-electron chi connectivity index (χ2n) is 9.01. The summed E-state index contributed by atoms with van der Waals surface area (Å²) in [6, 6.07) is 9.63. The van der Waals surface area contributed by atoms with E-state index in [1.165, 1.54) is 24.0 Å². The molecular formula is C25H27N5O2. The van der Waals surface area contributed by atoms with E-state index in [9.17, 15) is 14.9 Å². The number of nitriles is 1. The van der Waals surface area contributed by atoms with E-state index in [2.05, 4.69) is 29.3 Å². The van der Waals surface area contributed by atoms with Crippen molar-refractivity contribution in [2.24, 2.45) is 0 Å². The molecule has 0 radical (unpaired) electrons. The lowest BCUT2D eigenvalue weighted by atomic mass is 9.93. The normalized spacial score (nSPS) is 20.8. The van der Waals surface area contributed by atoms with Crippen molar-refractivity contribution < 1.29 is 9.59 Å². The number of piperazine rings is 1. The van der Waals surface area contributed by atoms with Crippen molar-refractivity contribution in [1.82, 2.24) is 15.2 Å². The maximum atomic E-state index is 13.2. The average Bonchev–Trinajstić information content (AvgIpc) is 3.59. The molecule has 1 N–H and O–H groups in total. The summed E-state index contributed by atoms with van der Waals surface area (Å²) in [5.74, 6) is 1.30. The van der Waals surface area contributed by atoms with Crippen LogP contribution < -0.4 is 10.2 Å². The number of amides is 2. The maximum Gasteiger partial charge on any atom is 0.255 e. The van der Waals surface area contributed by atoms with Gasteiger partial charge in [-0.25, -0.2) is 4.98 Å². The minimum absolute atomic E-state index is 0.0156. The Morgan fingerprint density at radius 3 is 2.53 bits per heavy atom. The molecule has 7 nitrogen and oxygen atoms in total. The summed E-state index contributed by atoms with van der Waals surface area (Å²) in [5.41, 5.74) is 4.07. The number of hydrogen-bond donors (Lipinski definition) is 1. The topological polar surface area (TPSA) is 89.3 Å². The predicted octanol–water partition coefficient (Wildman–Crippen LogP) is 2.71. The van der Waals surface area contributed by atoms with Gasteiger partial charge in [0.25, 0.3) is 5.91 Å². The quantitative estimate of drug-likeness (QED) is 0.807. The van der Waals surface area contributed by atoms with E-state index >= 15 is 0 Å². The van der Waals surface area contributed by atoms with Gasteiger partial charge in [0, 0.05) is 38.9 Å². The fourth-order valence-corrected chi connectivity index (χ4v) is 4.82. The first-order chi connectivity index (χ1) is 15.5. The second kappa shape index (κ2) is 8.27. The van der Waals surface area contributed by atoms with Gasteiger partial charge in [-0.1, -0.05) is 12.1 Å². The minimum atomic E-state index is -0.239. The van der Waals surface area contributed by atoms with Crippen LogP contribution in [0, 0.1) is 18.3 Å². The summed E-state index contributed by atoms with van der Waals surface area (Å²) in [6.07, 6.45) is 5.25. The van der Waals surface area contributed by atoms with Gasteiger partial charge in [-0.05, 0) is 60.9 Å². The smallest absolute Gasteiger partial charge is 0.255 e. The van der Waals surface area contributed by atoms with Crippen LogP contribution in [0.2, 0.25) is 0 Å². The van der Waals surface area contributed by atoms with E-state index in [1.807, 2.05) is 17.2 Å². The Bertz CT molecular complexity index is 1110. The molecule has 2 aliphatic heterocycles. The van der Waals surface area contributed by atoms with Gasteiger partial charge in [-0.3, -0.25) is 9.59 Å². The molecule has 1 aromatic heterocycles. The summed E-state index contributed by atoms with van der Waals surface area (Å²) in [4.78, 5) is 33.9. The molecule has 3 fully saturated rings. The zero-order valence-electron chi connectivity index (χ0n) is 18.3. The Morgan fingerprint density at radius 2 is 1.91 bits per heavy atom. The SMILES string of the molecule is Cc1cc(C2CC2)cnc1N1CCN(C(=O)c2ccc(C3CCNC3=O)cc2C#N)CC1. The number of pyridine rings is 1. The minimum Gasteiger partial charge on any atom is -0.356 e. The van der Waals surface area contributed by atoms with Gasteiger partial charge in [0.15, 0.2) is 0 Å². The van der Waals surface area contributed by atoms with Crippen LogP contribution in [0.15, 0.2) is 30.5 Å². The number of carbonyl (C=O) groups excluding carboxylic acids is 2. The number of hydrogen-bond acceptors (Lipinski definition) is 5. The lowest BCUT2D eigenvalue weighted by Crippen LogP contribution is -2.49. The molecule has 0 spiro atoms. The number of carbonyl (C=O) groups is 2. The molecule has 1 aliphatic carbocycles. The fraction of sp³-hybridized carbons (Fsp3) is 0.440. The highest BCUT2D eigenvalue weighted by Crippen LogP contribution is 2.40. The zero-order chi connectivity index (χ0) is 22.2. The van der Waals surface area contributed by atoms with Crippen molar-refractivity contribution in [1.29, 1.82) is 5.26 Å². The van der Waals surface area contributed by atoms with Crippen molar-refractivity contribution in [2.45, 2.75) is 38.0 Å². The third-order valence-corrected chi connectivity index (χ3v) is 6.83. The molecule has 3 heterocycles. The molecule has 32 heavy (non-hydrogen) atoms. The number of nitrogens with zero attached hydrogens (tertiary/aromatic N) is 4. The fourth-order valence-electron chi connectivity index (χ4n) is 4.82. The van der Waals surface area contributed by atoms with E-state index < -0.39 is 0 Å². The lowest BCUT2D eigenvalue weighted by molar-refractivity contribution is -0.120. The highest BCUT2D eigenvalue weighted by molar-refractivity contribution is 5.97. The van der Waals surface area contributed by atoms with E-state index in [0.29, 0.717) is 56.2 Å². The number of nitrogens with one attached hydrogen (secondary N) is 1. The summed E-state index contributed by atoms with van der Waals surface area (Å²) < 4.78 is 0. The van der Waals surface area contributed by atoms with Crippen molar-refractivity contribution in [3.8, 4) is 6.07 Å². The van der Waals surface area contributed by atoms with Crippen molar-refractivity contribution >= 4 is 17.6 Å². The summed E-state index contributed by atoms with van der Waals surface area (Å²) >= 11 is 0. The number of benzene rings is 1. The highest BCUT2D eigenvalue weighted by Gasteiger charge is 2.29. The molecule has 1 atom stereocenters.